The van der Waals surface area contributed by atoms with Gasteiger partial charge in [-0.05, 0) is 85.7 Å². The van der Waals surface area contributed by atoms with Gasteiger partial charge in [-0.25, -0.2) is 0 Å². The van der Waals surface area contributed by atoms with Crippen molar-refractivity contribution in [3.8, 4) is 5.75 Å². The first kappa shape index (κ1) is 25.1. The summed E-state index contributed by atoms with van der Waals surface area (Å²) in [5, 5.41) is 7.12. The highest BCUT2D eigenvalue weighted by Gasteiger charge is 2.42. The molecule has 1 amide bonds. The van der Waals surface area contributed by atoms with Crippen LogP contribution in [0.3, 0.4) is 0 Å². The van der Waals surface area contributed by atoms with E-state index in [0.717, 1.165) is 11.4 Å². The minimum atomic E-state index is -0.215. The Bertz CT molecular complexity index is 1420. The van der Waals surface area contributed by atoms with Gasteiger partial charge in [-0.1, -0.05) is 37.1 Å². The van der Waals surface area contributed by atoms with Crippen molar-refractivity contribution in [3.05, 3.63) is 109 Å². The maximum Gasteiger partial charge on any atom is 0.262 e. The molecule has 2 aromatic carbocycles. The van der Waals surface area contributed by atoms with E-state index in [1.165, 1.54) is 31.4 Å². The number of nitrogens with zero attached hydrogens (tertiary/aromatic N) is 3. The molecule has 2 N–H and O–H groups in total. The van der Waals surface area contributed by atoms with Crippen LogP contribution in [0.2, 0.25) is 0 Å². The number of ether oxygens (including phenoxy) is 1. The van der Waals surface area contributed by atoms with Crippen molar-refractivity contribution in [2.24, 2.45) is 0 Å². The summed E-state index contributed by atoms with van der Waals surface area (Å²) < 4.78 is 8.01. The van der Waals surface area contributed by atoms with Gasteiger partial charge in [-0.2, -0.15) is 0 Å². The van der Waals surface area contributed by atoms with Crippen LogP contribution >= 0.6 is 12.2 Å². The summed E-state index contributed by atoms with van der Waals surface area (Å²) in [6.45, 7) is -0.0577. The van der Waals surface area contributed by atoms with Crippen LogP contribution in [0.25, 0.3) is 0 Å². The zero-order valence-corrected chi connectivity index (χ0v) is 22.4. The van der Waals surface area contributed by atoms with Gasteiger partial charge >= 0.3 is 0 Å². The van der Waals surface area contributed by atoms with Crippen molar-refractivity contribution in [1.29, 1.82) is 0 Å². The first-order chi connectivity index (χ1) is 19.2. The first-order valence-electron chi connectivity index (χ1n) is 13.4. The summed E-state index contributed by atoms with van der Waals surface area (Å²) in [5.74, 6) is 0.446. The smallest absolute Gasteiger partial charge is 0.262 e. The number of rotatable bonds is 8. The molecule has 198 valence electrons. The SMILES string of the molecule is O=C(COc1ccccc1)Nc1ccc(N2C(=S)N[C@@H](c3ccccn3)[C@@H]2c2cccn2C2CCCC2)cc1. The van der Waals surface area contributed by atoms with Gasteiger partial charge < -0.3 is 24.8 Å². The Morgan fingerprint density at radius 2 is 1.74 bits per heavy atom. The minimum absolute atomic E-state index is 0.0577. The lowest BCUT2D eigenvalue weighted by molar-refractivity contribution is -0.118. The first-order valence-corrected chi connectivity index (χ1v) is 13.8. The van der Waals surface area contributed by atoms with E-state index >= 15 is 0 Å². The molecule has 0 unspecified atom stereocenters. The van der Waals surface area contributed by atoms with Crippen molar-refractivity contribution in [3.63, 3.8) is 0 Å². The van der Waals surface area contributed by atoms with Gasteiger partial charge in [0.15, 0.2) is 11.7 Å². The third kappa shape index (κ3) is 5.38. The largest absolute Gasteiger partial charge is 0.484 e. The Morgan fingerprint density at radius 1 is 0.974 bits per heavy atom. The third-order valence-corrected chi connectivity index (χ3v) is 7.79. The van der Waals surface area contributed by atoms with E-state index in [1.807, 2.05) is 72.9 Å². The molecule has 2 aliphatic rings. The fourth-order valence-electron chi connectivity index (χ4n) is 5.67. The molecule has 0 spiro atoms. The molecule has 3 heterocycles. The fourth-order valence-corrected chi connectivity index (χ4v) is 6.02. The molecule has 4 aromatic rings. The molecule has 0 bridgehead atoms. The van der Waals surface area contributed by atoms with E-state index in [1.54, 1.807) is 0 Å². The van der Waals surface area contributed by atoms with Crippen LogP contribution in [0.15, 0.2) is 97.3 Å². The summed E-state index contributed by atoms with van der Waals surface area (Å²) in [4.78, 5) is 19.3. The Labute approximate surface area is 233 Å². The summed E-state index contributed by atoms with van der Waals surface area (Å²) in [5.41, 5.74) is 3.83. The molecule has 1 aliphatic heterocycles. The summed E-state index contributed by atoms with van der Waals surface area (Å²) >= 11 is 5.90. The number of carbonyl (C=O) groups is 1. The van der Waals surface area contributed by atoms with Gasteiger partial charge in [-0.3, -0.25) is 9.78 Å². The van der Waals surface area contributed by atoms with E-state index in [4.69, 9.17) is 17.0 Å². The average Bonchev–Trinajstić information content (AvgIpc) is 3.73. The quantitative estimate of drug-likeness (QED) is 0.261. The number of aromatic nitrogens is 2. The molecule has 2 atom stereocenters. The molecule has 1 saturated carbocycles. The van der Waals surface area contributed by atoms with Gasteiger partial charge in [-0.15, -0.1) is 0 Å². The van der Waals surface area contributed by atoms with E-state index < -0.39 is 0 Å². The van der Waals surface area contributed by atoms with Crippen molar-refractivity contribution in [2.75, 3.05) is 16.8 Å². The Balaban J connectivity index is 1.25. The Hall–Kier alpha value is -4.17. The van der Waals surface area contributed by atoms with Crippen LogP contribution in [0.5, 0.6) is 5.75 Å². The topological polar surface area (TPSA) is 71.4 Å². The van der Waals surface area contributed by atoms with Crippen LogP contribution in [0, 0.1) is 0 Å². The summed E-state index contributed by atoms with van der Waals surface area (Å²) in [6, 6.07) is 27.8. The number of pyridine rings is 1. The highest BCUT2D eigenvalue weighted by atomic mass is 32.1. The zero-order chi connectivity index (χ0) is 26.6. The van der Waals surface area contributed by atoms with Crippen LogP contribution < -0.4 is 20.3 Å². The van der Waals surface area contributed by atoms with Crippen LogP contribution in [-0.2, 0) is 4.79 Å². The highest BCUT2D eigenvalue weighted by Crippen LogP contribution is 2.43. The average molecular weight is 538 g/mol. The Morgan fingerprint density at radius 3 is 2.49 bits per heavy atom. The molecule has 1 saturated heterocycles. The molecule has 2 fully saturated rings. The van der Waals surface area contributed by atoms with Gasteiger partial charge in [0, 0.05) is 35.5 Å². The lowest BCUT2D eigenvalue weighted by Crippen LogP contribution is -2.30. The molecule has 7 nitrogen and oxygen atoms in total. The summed E-state index contributed by atoms with van der Waals surface area (Å²) in [7, 11) is 0. The molecule has 2 aromatic heterocycles. The molecule has 6 rings (SSSR count). The third-order valence-electron chi connectivity index (χ3n) is 7.47. The van der Waals surface area contributed by atoms with Crippen molar-refractivity contribution < 1.29 is 9.53 Å². The predicted molar refractivity (Wildman–Crippen MR) is 157 cm³/mol. The second-order valence-electron chi connectivity index (χ2n) is 9.97. The maximum absolute atomic E-state index is 12.5. The number of para-hydroxylation sites is 1. The fraction of sp³-hybridized carbons (Fsp3) is 0.258. The van der Waals surface area contributed by atoms with Crippen molar-refractivity contribution >= 4 is 34.6 Å². The number of anilines is 2. The van der Waals surface area contributed by atoms with Gasteiger partial charge in [0.25, 0.3) is 5.91 Å². The van der Waals surface area contributed by atoms with Crippen molar-refractivity contribution in [1.82, 2.24) is 14.9 Å². The number of amides is 1. The summed E-state index contributed by atoms with van der Waals surface area (Å²) in [6.07, 6.45) is 8.96. The Kier molecular flexibility index (Phi) is 7.27. The predicted octanol–water partition coefficient (Wildman–Crippen LogP) is 6.19. The van der Waals surface area contributed by atoms with E-state index in [0.29, 0.717) is 22.6 Å². The lowest BCUT2D eigenvalue weighted by atomic mass is 10.00. The van der Waals surface area contributed by atoms with Crippen LogP contribution in [0.1, 0.15) is 55.2 Å². The van der Waals surface area contributed by atoms with Crippen LogP contribution in [-0.4, -0.2) is 27.2 Å². The van der Waals surface area contributed by atoms with E-state index in [9.17, 15) is 4.79 Å². The van der Waals surface area contributed by atoms with Crippen molar-refractivity contribution in [2.45, 2.75) is 43.8 Å². The molecule has 39 heavy (non-hydrogen) atoms. The second-order valence-corrected chi connectivity index (χ2v) is 10.4. The van der Waals surface area contributed by atoms with Gasteiger partial charge in [0.1, 0.15) is 11.8 Å². The minimum Gasteiger partial charge on any atom is -0.484 e. The standard InChI is InChI=1S/C31H31N5O2S/c37-28(21-38-25-11-2-1-3-12-25)33-22-15-17-24(18-16-22)36-30(27-14-8-20-35(27)23-9-4-5-10-23)29(34-31(36)39)26-13-6-7-19-32-26/h1-3,6-8,11-20,23,29-30H,4-5,9-10,21H2,(H,33,37)(H,34,39)/t29-,30-/m0/s1. The molecule has 8 heteroatoms. The number of thiocarbonyl (C=S) groups is 1. The number of benzene rings is 2. The molecular formula is C31H31N5O2S. The second kappa shape index (κ2) is 11.3. The van der Waals surface area contributed by atoms with E-state index in [2.05, 4.69) is 49.5 Å². The lowest BCUT2D eigenvalue weighted by Gasteiger charge is -2.30. The monoisotopic (exact) mass is 537 g/mol. The number of hydrogen-bond acceptors (Lipinski definition) is 4. The maximum atomic E-state index is 12.5. The normalized spacial score (nSPS) is 19.2. The number of hydrogen-bond donors (Lipinski definition) is 2. The van der Waals surface area contributed by atoms with Gasteiger partial charge in [0.2, 0.25) is 0 Å². The van der Waals surface area contributed by atoms with E-state index in [-0.39, 0.29) is 24.6 Å². The number of nitrogens with one attached hydrogen (secondary N) is 2. The van der Waals surface area contributed by atoms with Crippen LogP contribution in [0.4, 0.5) is 11.4 Å². The molecular weight excluding hydrogens is 506 g/mol. The molecule has 0 radical (unpaired) electrons. The highest BCUT2D eigenvalue weighted by molar-refractivity contribution is 7.80. The molecule has 1 aliphatic carbocycles. The van der Waals surface area contributed by atoms with Gasteiger partial charge in [0.05, 0.1) is 11.7 Å². The number of carbonyl (C=O) groups excluding carboxylic acids is 1. The zero-order valence-electron chi connectivity index (χ0n) is 21.6.